The highest BCUT2D eigenvalue weighted by atomic mass is 127. The van der Waals surface area contributed by atoms with Gasteiger partial charge in [-0.25, -0.2) is 4.99 Å². The second kappa shape index (κ2) is 11.4. The Bertz CT molecular complexity index is 469. The third-order valence-electron chi connectivity index (χ3n) is 2.81. The van der Waals surface area contributed by atoms with Gasteiger partial charge >= 0.3 is 0 Å². The van der Waals surface area contributed by atoms with Crippen molar-refractivity contribution in [1.82, 2.24) is 10.6 Å². The third-order valence-corrected chi connectivity index (χ3v) is 2.81. The Morgan fingerprint density at radius 2 is 2.09 bits per heavy atom. The van der Waals surface area contributed by atoms with Gasteiger partial charge in [0.2, 0.25) is 0 Å². The maximum atomic E-state index is 9.75. The van der Waals surface area contributed by atoms with E-state index in [-0.39, 0.29) is 35.8 Å². The van der Waals surface area contributed by atoms with Gasteiger partial charge in [0.05, 0.1) is 20.3 Å². The van der Waals surface area contributed by atoms with Crippen LogP contribution in [-0.4, -0.2) is 44.5 Å². The number of hydrogen-bond acceptors (Lipinski definition) is 4. The van der Waals surface area contributed by atoms with Crippen molar-refractivity contribution in [2.75, 3.05) is 27.4 Å². The molecule has 0 bridgehead atoms. The monoisotopic (exact) mass is 423 g/mol. The van der Waals surface area contributed by atoms with E-state index in [9.17, 15) is 5.11 Å². The number of nitrogens with one attached hydrogen (secondary N) is 2. The molecule has 1 unspecified atom stereocenters. The van der Waals surface area contributed by atoms with E-state index < -0.39 is 0 Å². The van der Waals surface area contributed by atoms with E-state index in [2.05, 4.69) is 15.6 Å². The molecule has 3 N–H and O–H groups in total. The van der Waals surface area contributed by atoms with E-state index in [4.69, 9.17) is 9.47 Å². The number of halogens is 1. The molecule has 7 heteroatoms. The van der Waals surface area contributed by atoms with E-state index in [0.717, 1.165) is 18.1 Å². The molecule has 1 aromatic rings. The molecule has 1 rings (SSSR count). The van der Waals surface area contributed by atoms with Gasteiger partial charge in [-0.2, -0.15) is 0 Å². The van der Waals surface area contributed by atoms with E-state index in [1.165, 1.54) is 7.11 Å². The van der Waals surface area contributed by atoms with Crippen molar-refractivity contribution in [3.05, 3.63) is 23.8 Å². The summed E-state index contributed by atoms with van der Waals surface area (Å²) in [6, 6.07) is 5.43. The number of phenolic OH excluding ortho intramolecular Hbond substituents is 1. The Morgan fingerprint density at radius 1 is 1.36 bits per heavy atom. The fourth-order valence-corrected chi connectivity index (χ4v) is 1.85. The maximum absolute atomic E-state index is 9.75. The van der Waals surface area contributed by atoms with Crippen LogP contribution in [0.5, 0.6) is 11.5 Å². The topological polar surface area (TPSA) is 75.1 Å². The summed E-state index contributed by atoms with van der Waals surface area (Å²) in [5.41, 5.74) is 0.907. The Kier molecular flexibility index (Phi) is 10.7. The van der Waals surface area contributed by atoms with Gasteiger partial charge in [0.1, 0.15) is 0 Å². The summed E-state index contributed by atoms with van der Waals surface area (Å²) in [7, 11) is 3.19. The van der Waals surface area contributed by atoms with Crippen molar-refractivity contribution < 1.29 is 14.6 Å². The number of guanidine groups is 1. The Morgan fingerprint density at radius 3 is 2.64 bits per heavy atom. The highest BCUT2D eigenvalue weighted by Gasteiger charge is 2.05. The molecular formula is C15H26IN3O3. The van der Waals surface area contributed by atoms with Crippen LogP contribution in [0, 0.1) is 0 Å². The minimum absolute atomic E-state index is 0. The summed E-state index contributed by atoms with van der Waals surface area (Å²) in [6.45, 7) is 5.88. The van der Waals surface area contributed by atoms with Gasteiger partial charge < -0.3 is 25.2 Å². The van der Waals surface area contributed by atoms with Crippen LogP contribution in [0.3, 0.4) is 0 Å². The van der Waals surface area contributed by atoms with Crippen LogP contribution >= 0.6 is 24.0 Å². The lowest BCUT2D eigenvalue weighted by molar-refractivity contribution is 0.179. The van der Waals surface area contributed by atoms with Crippen molar-refractivity contribution in [2.24, 2.45) is 4.99 Å². The average molecular weight is 423 g/mol. The highest BCUT2D eigenvalue weighted by Crippen LogP contribution is 2.26. The number of rotatable bonds is 7. The zero-order valence-corrected chi connectivity index (χ0v) is 15.9. The van der Waals surface area contributed by atoms with Crippen molar-refractivity contribution in [1.29, 1.82) is 0 Å². The highest BCUT2D eigenvalue weighted by molar-refractivity contribution is 14.0. The van der Waals surface area contributed by atoms with Crippen molar-refractivity contribution in [3.63, 3.8) is 0 Å². The van der Waals surface area contributed by atoms with E-state index in [1.54, 1.807) is 19.2 Å². The molecule has 1 atom stereocenters. The lowest BCUT2D eigenvalue weighted by atomic mass is 10.2. The number of benzene rings is 1. The maximum Gasteiger partial charge on any atom is 0.191 e. The number of hydrogen-bond donors (Lipinski definition) is 3. The minimum atomic E-state index is 0. The van der Waals surface area contributed by atoms with Crippen LogP contribution in [0.15, 0.2) is 23.2 Å². The number of methoxy groups -OCH3 is 2. The fraction of sp³-hybridized carbons (Fsp3) is 0.533. The first-order valence-electron chi connectivity index (χ1n) is 7.00. The lowest BCUT2D eigenvalue weighted by Crippen LogP contribution is -2.43. The number of ether oxygens (including phenoxy) is 2. The Labute approximate surface area is 149 Å². The van der Waals surface area contributed by atoms with Gasteiger partial charge in [-0.05, 0) is 31.5 Å². The molecule has 0 heterocycles. The van der Waals surface area contributed by atoms with Crippen LogP contribution < -0.4 is 15.4 Å². The Hall–Kier alpha value is -1.22. The zero-order valence-electron chi connectivity index (χ0n) is 13.5. The second-order valence-corrected chi connectivity index (χ2v) is 4.70. The zero-order chi connectivity index (χ0) is 15.7. The number of aliphatic imine (C=N–C) groups is 1. The second-order valence-electron chi connectivity index (χ2n) is 4.70. The first-order valence-corrected chi connectivity index (χ1v) is 7.00. The van der Waals surface area contributed by atoms with Crippen LogP contribution in [-0.2, 0) is 11.3 Å². The quantitative estimate of drug-likeness (QED) is 0.356. The first-order chi connectivity index (χ1) is 10.1. The summed E-state index contributed by atoms with van der Waals surface area (Å²) < 4.78 is 10.1. The van der Waals surface area contributed by atoms with Gasteiger partial charge in [0, 0.05) is 19.7 Å². The molecule has 0 aliphatic carbocycles. The largest absolute Gasteiger partial charge is 0.504 e. The van der Waals surface area contributed by atoms with Crippen molar-refractivity contribution in [2.45, 2.75) is 26.4 Å². The summed E-state index contributed by atoms with van der Waals surface area (Å²) in [6.07, 6.45) is 0. The van der Waals surface area contributed by atoms with Gasteiger partial charge in [-0.3, -0.25) is 0 Å². The van der Waals surface area contributed by atoms with Crippen molar-refractivity contribution >= 4 is 29.9 Å². The molecule has 1 aromatic carbocycles. The first kappa shape index (κ1) is 20.8. The van der Waals surface area contributed by atoms with Crippen LogP contribution in [0.4, 0.5) is 0 Å². The normalized spacial score (nSPS) is 12.3. The fourth-order valence-electron chi connectivity index (χ4n) is 1.85. The molecule has 126 valence electrons. The average Bonchev–Trinajstić information content (AvgIpc) is 2.45. The van der Waals surface area contributed by atoms with Gasteiger partial charge in [-0.15, -0.1) is 24.0 Å². The molecule has 0 fully saturated rings. The van der Waals surface area contributed by atoms with Crippen molar-refractivity contribution in [3.8, 4) is 11.5 Å². The predicted molar refractivity (Wildman–Crippen MR) is 99.4 cm³/mol. The number of phenols is 1. The van der Waals surface area contributed by atoms with E-state index in [1.807, 2.05) is 19.9 Å². The van der Waals surface area contributed by atoms with E-state index in [0.29, 0.717) is 18.9 Å². The molecule has 0 saturated carbocycles. The molecule has 0 saturated heterocycles. The van der Waals surface area contributed by atoms with Crippen LogP contribution in [0.2, 0.25) is 0 Å². The lowest BCUT2D eigenvalue weighted by Gasteiger charge is -2.17. The van der Waals surface area contributed by atoms with Gasteiger partial charge in [-0.1, -0.05) is 6.07 Å². The minimum Gasteiger partial charge on any atom is -0.504 e. The molecule has 22 heavy (non-hydrogen) atoms. The predicted octanol–water partition coefficient (Wildman–Crippen LogP) is 2.11. The molecule has 0 amide bonds. The van der Waals surface area contributed by atoms with Gasteiger partial charge in [0.25, 0.3) is 0 Å². The smallest absolute Gasteiger partial charge is 0.191 e. The number of aromatic hydroxyl groups is 1. The van der Waals surface area contributed by atoms with Gasteiger partial charge in [0.15, 0.2) is 17.5 Å². The van der Waals surface area contributed by atoms with E-state index >= 15 is 0 Å². The standard InChI is InChI=1S/C15H25N3O3.HI/c1-5-16-15(18-11(2)10-20-3)17-9-12-6-7-14(21-4)13(19)8-12;/h6-8,11,19H,5,9-10H2,1-4H3,(H2,16,17,18);1H. The SMILES string of the molecule is CCNC(=NCc1ccc(OC)c(O)c1)NC(C)COC.I. The molecule has 6 nitrogen and oxygen atoms in total. The number of nitrogens with zero attached hydrogens (tertiary/aromatic N) is 1. The summed E-state index contributed by atoms with van der Waals surface area (Å²) >= 11 is 0. The molecule has 0 aromatic heterocycles. The van der Waals surface area contributed by atoms with Crippen LogP contribution in [0.25, 0.3) is 0 Å². The summed E-state index contributed by atoms with van der Waals surface area (Å²) in [5.74, 6) is 1.30. The molecule has 0 spiro atoms. The van der Waals surface area contributed by atoms with Crippen LogP contribution in [0.1, 0.15) is 19.4 Å². The summed E-state index contributed by atoms with van der Waals surface area (Å²) in [4.78, 5) is 4.49. The molecular weight excluding hydrogens is 397 g/mol. The molecule has 0 radical (unpaired) electrons. The summed E-state index contributed by atoms with van der Waals surface area (Å²) in [5, 5.41) is 16.2. The third kappa shape index (κ3) is 7.17. The molecule has 0 aliphatic rings. The Balaban J connectivity index is 0.00000441. The molecule has 0 aliphatic heterocycles.